The highest BCUT2D eigenvalue weighted by atomic mass is 79.9. The summed E-state index contributed by atoms with van der Waals surface area (Å²) >= 11 is 3.39. The number of ether oxygens (including phenoxy) is 2. The maximum Gasteiger partial charge on any atom is 0.175 e. The first-order chi connectivity index (χ1) is 9.69. The van der Waals surface area contributed by atoms with Crippen molar-refractivity contribution in [3.8, 4) is 22.8 Å². The molecular weight excluding hydrogens is 322 g/mol. The van der Waals surface area contributed by atoms with Crippen molar-refractivity contribution in [2.45, 2.75) is 13.3 Å². The average molecular weight is 338 g/mol. The smallest absolute Gasteiger partial charge is 0.175 e. The molecule has 1 aromatic heterocycles. The Hall–Kier alpha value is -1.53. The number of nitrogens with two attached hydrogens (primary N) is 1. The molecule has 0 atom stereocenters. The normalized spacial score (nSPS) is 13.6. The lowest BCUT2D eigenvalue weighted by atomic mass is 10.0. The van der Waals surface area contributed by atoms with Crippen LogP contribution >= 0.6 is 15.9 Å². The zero-order chi connectivity index (χ0) is 14.1. The van der Waals surface area contributed by atoms with E-state index in [2.05, 4.69) is 25.9 Å². The third-order valence-electron chi connectivity index (χ3n) is 3.29. The Kier molecular flexibility index (Phi) is 3.67. The molecule has 0 aliphatic carbocycles. The van der Waals surface area contributed by atoms with Crippen molar-refractivity contribution in [3.05, 3.63) is 28.1 Å². The van der Waals surface area contributed by atoms with E-state index in [4.69, 9.17) is 15.2 Å². The van der Waals surface area contributed by atoms with Gasteiger partial charge in [0.15, 0.2) is 16.2 Å². The fraction of sp³-hybridized carbons (Fsp3) is 0.357. The van der Waals surface area contributed by atoms with Gasteiger partial charge >= 0.3 is 0 Å². The van der Waals surface area contributed by atoms with Crippen LogP contribution in [-0.2, 0) is 6.42 Å². The Morgan fingerprint density at radius 2 is 2.00 bits per heavy atom. The molecule has 2 aromatic rings. The number of benzene rings is 1. The SMILES string of the molecule is Cc1cc2c(cc1-c1nc(Br)[nH]c1CCN)OCCO2. The quantitative estimate of drug-likeness (QED) is 0.902. The van der Waals surface area contributed by atoms with Crippen molar-refractivity contribution in [2.24, 2.45) is 5.73 Å². The molecule has 1 aliphatic heterocycles. The van der Waals surface area contributed by atoms with Gasteiger partial charge in [-0.2, -0.15) is 0 Å². The first-order valence-corrected chi connectivity index (χ1v) is 7.33. The number of nitrogens with one attached hydrogen (secondary N) is 1. The number of imidazole rings is 1. The fourth-order valence-corrected chi connectivity index (χ4v) is 2.79. The van der Waals surface area contributed by atoms with Crippen LogP contribution in [0, 0.1) is 6.92 Å². The Balaban J connectivity index is 2.09. The van der Waals surface area contributed by atoms with E-state index in [1.807, 2.05) is 19.1 Å². The lowest BCUT2D eigenvalue weighted by Gasteiger charge is -2.20. The van der Waals surface area contributed by atoms with Crippen LogP contribution in [0.15, 0.2) is 16.9 Å². The molecule has 0 radical (unpaired) electrons. The van der Waals surface area contributed by atoms with Gasteiger partial charge in [-0.05, 0) is 47.1 Å². The largest absolute Gasteiger partial charge is 0.486 e. The molecule has 6 heteroatoms. The van der Waals surface area contributed by atoms with Gasteiger partial charge in [0, 0.05) is 17.7 Å². The Morgan fingerprint density at radius 3 is 2.70 bits per heavy atom. The first kappa shape index (κ1) is 13.5. The zero-order valence-electron chi connectivity index (χ0n) is 11.2. The number of aromatic nitrogens is 2. The molecule has 20 heavy (non-hydrogen) atoms. The molecule has 0 amide bonds. The predicted octanol–water partition coefficient (Wildman–Crippen LogP) is 2.42. The van der Waals surface area contributed by atoms with Gasteiger partial charge in [0.25, 0.3) is 0 Å². The summed E-state index contributed by atoms with van der Waals surface area (Å²) in [6, 6.07) is 3.99. The first-order valence-electron chi connectivity index (χ1n) is 6.54. The maximum absolute atomic E-state index is 5.66. The highest BCUT2D eigenvalue weighted by molar-refractivity contribution is 9.10. The molecule has 0 spiro atoms. The Labute approximate surface area is 125 Å². The number of aryl methyl sites for hydroxylation is 1. The summed E-state index contributed by atoms with van der Waals surface area (Å²) in [6.45, 7) is 3.79. The number of H-pyrrole nitrogens is 1. The number of hydrogen-bond acceptors (Lipinski definition) is 4. The summed E-state index contributed by atoms with van der Waals surface area (Å²) in [5.74, 6) is 1.57. The van der Waals surface area contributed by atoms with Crippen LogP contribution in [-0.4, -0.2) is 29.7 Å². The molecule has 3 N–H and O–H groups in total. The van der Waals surface area contributed by atoms with Crippen LogP contribution in [0.3, 0.4) is 0 Å². The van der Waals surface area contributed by atoms with Crippen LogP contribution < -0.4 is 15.2 Å². The monoisotopic (exact) mass is 337 g/mol. The molecule has 1 aliphatic rings. The summed E-state index contributed by atoms with van der Waals surface area (Å²) in [5, 5.41) is 0. The lowest BCUT2D eigenvalue weighted by Crippen LogP contribution is -2.15. The van der Waals surface area contributed by atoms with Gasteiger partial charge in [-0.15, -0.1) is 0 Å². The van der Waals surface area contributed by atoms with Crippen molar-refractivity contribution < 1.29 is 9.47 Å². The molecule has 0 saturated heterocycles. The third kappa shape index (κ3) is 2.41. The molecule has 0 unspecified atom stereocenters. The number of nitrogens with zero attached hydrogens (tertiary/aromatic N) is 1. The topological polar surface area (TPSA) is 73.2 Å². The minimum atomic E-state index is 0.575. The molecule has 3 rings (SSSR count). The van der Waals surface area contributed by atoms with Crippen LogP contribution in [0.2, 0.25) is 0 Å². The standard InChI is InChI=1S/C14H16BrN3O2/c1-8-6-11-12(20-5-4-19-11)7-9(8)13-10(2-3-16)17-14(15)18-13/h6-7H,2-5,16H2,1H3,(H,17,18). The molecular formula is C14H16BrN3O2. The second-order valence-corrected chi connectivity index (χ2v) is 5.46. The highest BCUT2D eigenvalue weighted by Crippen LogP contribution is 2.38. The minimum Gasteiger partial charge on any atom is -0.486 e. The number of hydrogen-bond donors (Lipinski definition) is 2. The molecule has 0 bridgehead atoms. The van der Waals surface area contributed by atoms with Gasteiger partial charge in [0.1, 0.15) is 13.2 Å². The summed E-state index contributed by atoms with van der Waals surface area (Å²) in [5.41, 5.74) is 9.74. The Morgan fingerprint density at radius 1 is 1.30 bits per heavy atom. The van der Waals surface area contributed by atoms with Crippen molar-refractivity contribution in [3.63, 3.8) is 0 Å². The lowest BCUT2D eigenvalue weighted by molar-refractivity contribution is 0.171. The summed E-state index contributed by atoms with van der Waals surface area (Å²) in [7, 11) is 0. The zero-order valence-corrected chi connectivity index (χ0v) is 12.8. The van der Waals surface area contributed by atoms with E-state index in [-0.39, 0.29) is 0 Å². The molecule has 106 valence electrons. The van der Waals surface area contributed by atoms with Crippen LogP contribution in [0.4, 0.5) is 0 Å². The average Bonchev–Trinajstić information content (AvgIpc) is 2.79. The predicted molar refractivity (Wildman–Crippen MR) is 80.2 cm³/mol. The second kappa shape index (κ2) is 5.46. The molecule has 0 fully saturated rings. The summed E-state index contributed by atoms with van der Waals surface area (Å²) in [4.78, 5) is 7.72. The number of fused-ring (bicyclic) bond motifs is 1. The van der Waals surface area contributed by atoms with E-state index in [0.717, 1.165) is 40.4 Å². The van der Waals surface area contributed by atoms with Crippen molar-refractivity contribution in [1.82, 2.24) is 9.97 Å². The molecule has 0 saturated carbocycles. The van der Waals surface area contributed by atoms with Gasteiger partial charge < -0.3 is 20.2 Å². The molecule has 5 nitrogen and oxygen atoms in total. The maximum atomic E-state index is 5.66. The van der Waals surface area contributed by atoms with E-state index < -0.39 is 0 Å². The van der Waals surface area contributed by atoms with E-state index in [1.165, 1.54) is 0 Å². The number of aromatic amines is 1. The highest BCUT2D eigenvalue weighted by Gasteiger charge is 2.18. The minimum absolute atomic E-state index is 0.575. The van der Waals surface area contributed by atoms with Gasteiger partial charge in [-0.1, -0.05) is 0 Å². The fourth-order valence-electron chi connectivity index (χ4n) is 2.37. The van der Waals surface area contributed by atoms with Crippen molar-refractivity contribution >= 4 is 15.9 Å². The third-order valence-corrected chi connectivity index (χ3v) is 3.66. The van der Waals surface area contributed by atoms with Gasteiger partial charge in [0.2, 0.25) is 0 Å². The molecule has 2 heterocycles. The van der Waals surface area contributed by atoms with Gasteiger partial charge in [-0.3, -0.25) is 0 Å². The van der Waals surface area contributed by atoms with Crippen LogP contribution in [0.5, 0.6) is 11.5 Å². The van der Waals surface area contributed by atoms with E-state index in [1.54, 1.807) is 0 Å². The van der Waals surface area contributed by atoms with E-state index >= 15 is 0 Å². The Bertz CT molecular complexity index is 640. The summed E-state index contributed by atoms with van der Waals surface area (Å²) in [6.07, 6.45) is 0.752. The number of halogens is 1. The van der Waals surface area contributed by atoms with E-state index in [9.17, 15) is 0 Å². The van der Waals surface area contributed by atoms with Crippen molar-refractivity contribution in [1.29, 1.82) is 0 Å². The molecule has 1 aromatic carbocycles. The van der Waals surface area contributed by atoms with Crippen LogP contribution in [0.1, 0.15) is 11.3 Å². The second-order valence-electron chi connectivity index (χ2n) is 4.70. The van der Waals surface area contributed by atoms with Crippen LogP contribution in [0.25, 0.3) is 11.3 Å². The van der Waals surface area contributed by atoms with Gasteiger partial charge in [-0.25, -0.2) is 4.98 Å². The van der Waals surface area contributed by atoms with E-state index in [0.29, 0.717) is 24.5 Å². The summed E-state index contributed by atoms with van der Waals surface area (Å²) < 4.78 is 12.0. The van der Waals surface area contributed by atoms with Crippen molar-refractivity contribution in [2.75, 3.05) is 19.8 Å². The van der Waals surface area contributed by atoms with Gasteiger partial charge in [0.05, 0.1) is 5.69 Å². The number of rotatable bonds is 3.